The summed E-state index contributed by atoms with van der Waals surface area (Å²) in [6.45, 7) is 3.98. The summed E-state index contributed by atoms with van der Waals surface area (Å²) in [4.78, 5) is 28.0. The zero-order chi connectivity index (χ0) is 19.2. The molecule has 0 radical (unpaired) electrons. The van der Waals surface area contributed by atoms with E-state index in [0.717, 1.165) is 16.3 Å². The normalized spacial score (nSPS) is 10.3. The number of hydrogen-bond donors (Lipinski definition) is 2. The molecule has 3 rings (SSSR count). The second kappa shape index (κ2) is 8.46. The van der Waals surface area contributed by atoms with Gasteiger partial charge >= 0.3 is 0 Å². The van der Waals surface area contributed by atoms with Gasteiger partial charge < -0.3 is 15.4 Å². The van der Waals surface area contributed by atoms with Crippen LogP contribution in [0.5, 0.6) is 5.75 Å². The van der Waals surface area contributed by atoms with Crippen LogP contribution in [-0.2, 0) is 4.79 Å². The number of anilines is 2. The molecule has 0 spiro atoms. The van der Waals surface area contributed by atoms with E-state index in [1.54, 1.807) is 29.6 Å². The lowest BCUT2D eigenvalue weighted by Gasteiger charge is -2.06. The van der Waals surface area contributed by atoms with Crippen molar-refractivity contribution in [2.75, 3.05) is 17.2 Å². The molecule has 2 amide bonds. The Kier molecular flexibility index (Phi) is 5.83. The standard InChI is InChI=1S/C20H19N3O3S/c1-3-26-17-9-7-14(8-10-17)20-23-18(12-27-20)19(25)22-16-6-4-5-15(11-16)21-13(2)24/h4-12H,3H2,1-2H3,(H,21,24)(H,22,25). The SMILES string of the molecule is CCOc1ccc(-c2nc(C(=O)Nc3cccc(NC(C)=O)c3)cs2)cc1. The highest BCUT2D eigenvalue weighted by Gasteiger charge is 2.12. The van der Waals surface area contributed by atoms with Crippen molar-refractivity contribution in [3.05, 3.63) is 59.6 Å². The molecule has 0 bridgehead atoms. The zero-order valence-corrected chi connectivity index (χ0v) is 15.8. The summed E-state index contributed by atoms with van der Waals surface area (Å²) in [5.41, 5.74) is 2.47. The first-order valence-corrected chi connectivity index (χ1v) is 9.31. The molecule has 0 unspecified atom stereocenters. The molecule has 0 aliphatic carbocycles. The molecule has 1 heterocycles. The number of amides is 2. The van der Waals surface area contributed by atoms with E-state index in [-0.39, 0.29) is 11.8 Å². The molecule has 138 valence electrons. The topological polar surface area (TPSA) is 80.3 Å². The Bertz CT molecular complexity index is 951. The fourth-order valence-electron chi connectivity index (χ4n) is 2.44. The largest absolute Gasteiger partial charge is 0.494 e. The Hall–Kier alpha value is -3.19. The fraction of sp³-hybridized carbons (Fsp3) is 0.150. The van der Waals surface area contributed by atoms with Gasteiger partial charge in [-0.2, -0.15) is 0 Å². The van der Waals surface area contributed by atoms with Crippen molar-refractivity contribution in [3.8, 4) is 16.3 Å². The lowest BCUT2D eigenvalue weighted by atomic mass is 10.2. The second-order valence-corrected chi connectivity index (χ2v) is 6.57. The van der Waals surface area contributed by atoms with E-state index in [1.807, 2.05) is 31.2 Å². The Morgan fingerprint density at radius 3 is 2.44 bits per heavy atom. The number of thiazole rings is 1. The van der Waals surface area contributed by atoms with Crippen molar-refractivity contribution in [1.82, 2.24) is 4.98 Å². The molecule has 2 aromatic carbocycles. The number of rotatable bonds is 6. The molecular weight excluding hydrogens is 362 g/mol. The second-order valence-electron chi connectivity index (χ2n) is 5.71. The maximum Gasteiger partial charge on any atom is 0.275 e. The van der Waals surface area contributed by atoms with Gasteiger partial charge in [0.1, 0.15) is 16.5 Å². The predicted octanol–water partition coefficient (Wildman–Crippen LogP) is 4.42. The average Bonchev–Trinajstić information content (AvgIpc) is 3.13. The van der Waals surface area contributed by atoms with Crippen LogP contribution in [0.2, 0.25) is 0 Å². The van der Waals surface area contributed by atoms with Crippen molar-refractivity contribution < 1.29 is 14.3 Å². The molecule has 0 fully saturated rings. The number of benzene rings is 2. The molecule has 2 N–H and O–H groups in total. The van der Waals surface area contributed by atoms with E-state index in [1.165, 1.54) is 18.3 Å². The maximum atomic E-state index is 12.5. The minimum atomic E-state index is -0.302. The summed E-state index contributed by atoms with van der Waals surface area (Å²) in [6, 6.07) is 14.6. The Labute approximate surface area is 161 Å². The van der Waals surface area contributed by atoms with Crippen LogP contribution >= 0.6 is 11.3 Å². The fourth-order valence-corrected chi connectivity index (χ4v) is 3.25. The predicted molar refractivity (Wildman–Crippen MR) is 107 cm³/mol. The number of hydrogen-bond acceptors (Lipinski definition) is 5. The molecule has 6 nitrogen and oxygen atoms in total. The van der Waals surface area contributed by atoms with Crippen LogP contribution < -0.4 is 15.4 Å². The number of nitrogens with one attached hydrogen (secondary N) is 2. The van der Waals surface area contributed by atoms with Gasteiger partial charge in [-0.3, -0.25) is 9.59 Å². The number of nitrogens with zero attached hydrogens (tertiary/aromatic N) is 1. The smallest absolute Gasteiger partial charge is 0.275 e. The highest BCUT2D eigenvalue weighted by atomic mass is 32.1. The van der Waals surface area contributed by atoms with Crippen LogP contribution in [0.3, 0.4) is 0 Å². The molecule has 0 aliphatic rings. The van der Waals surface area contributed by atoms with Crippen LogP contribution in [0.15, 0.2) is 53.9 Å². The van der Waals surface area contributed by atoms with Crippen LogP contribution in [0.4, 0.5) is 11.4 Å². The van der Waals surface area contributed by atoms with E-state index in [4.69, 9.17) is 4.74 Å². The van der Waals surface area contributed by atoms with E-state index in [9.17, 15) is 9.59 Å². The van der Waals surface area contributed by atoms with Gasteiger partial charge in [-0.15, -0.1) is 11.3 Å². The summed E-state index contributed by atoms with van der Waals surface area (Å²) in [7, 11) is 0. The molecule has 7 heteroatoms. The molecule has 0 saturated heterocycles. The summed E-state index contributed by atoms with van der Waals surface area (Å²) in [6.07, 6.45) is 0. The monoisotopic (exact) mass is 381 g/mol. The highest BCUT2D eigenvalue weighted by Crippen LogP contribution is 2.26. The maximum absolute atomic E-state index is 12.5. The van der Waals surface area contributed by atoms with Gasteiger partial charge in [0, 0.05) is 29.2 Å². The highest BCUT2D eigenvalue weighted by molar-refractivity contribution is 7.13. The van der Waals surface area contributed by atoms with Crippen molar-refractivity contribution in [2.24, 2.45) is 0 Å². The van der Waals surface area contributed by atoms with Crippen LogP contribution in [0.25, 0.3) is 10.6 Å². The van der Waals surface area contributed by atoms with E-state index in [0.29, 0.717) is 23.7 Å². The molecule has 1 aromatic heterocycles. The molecule has 27 heavy (non-hydrogen) atoms. The minimum absolute atomic E-state index is 0.169. The zero-order valence-electron chi connectivity index (χ0n) is 15.0. The molecule has 0 atom stereocenters. The number of ether oxygens (including phenoxy) is 1. The Morgan fingerprint density at radius 2 is 1.78 bits per heavy atom. The Balaban J connectivity index is 1.70. The van der Waals surface area contributed by atoms with Gasteiger partial charge in [-0.1, -0.05) is 6.07 Å². The summed E-state index contributed by atoms with van der Waals surface area (Å²) in [5, 5.41) is 7.96. The van der Waals surface area contributed by atoms with Crippen LogP contribution in [0, 0.1) is 0 Å². The van der Waals surface area contributed by atoms with E-state index in [2.05, 4.69) is 15.6 Å². The van der Waals surface area contributed by atoms with Crippen LogP contribution in [0.1, 0.15) is 24.3 Å². The number of aromatic nitrogens is 1. The molecule has 3 aromatic rings. The molecule has 0 aliphatic heterocycles. The Morgan fingerprint density at radius 1 is 1.07 bits per heavy atom. The summed E-state index contributed by atoms with van der Waals surface area (Å²) >= 11 is 1.40. The van der Waals surface area contributed by atoms with Gasteiger partial charge in [0.2, 0.25) is 5.91 Å². The number of carbonyl (C=O) groups excluding carboxylic acids is 2. The van der Waals surface area contributed by atoms with Crippen molar-refractivity contribution in [2.45, 2.75) is 13.8 Å². The first kappa shape index (κ1) is 18.6. The summed E-state index contributed by atoms with van der Waals surface area (Å²) < 4.78 is 5.43. The van der Waals surface area contributed by atoms with Crippen molar-refractivity contribution in [3.63, 3.8) is 0 Å². The lowest BCUT2D eigenvalue weighted by Crippen LogP contribution is -2.13. The third-order valence-corrected chi connectivity index (χ3v) is 4.48. The first-order valence-electron chi connectivity index (χ1n) is 8.43. The van der Waals surface area contributed by atoms with Gasteiger partial charge in [0.25, 0.3) is 5.91 Å². The molecule has 0 saturated carbocycles. The van der Waals surface area contributed by atoms with Gasteiger partial charge in [0.05, 0.1) is 6.61 Å². The minimum Gasteiger partial charge on any atom is -0.494 e. The summed E-state index contributed by atoms with van der Waals surface area (Å²) in [5.74, 6) is 0.330. The van der Waals surface area contributed by atoms with Gasteiger partial charge in [0.15, 0.2) is 0 Å². The average molecular weight is 381 g/mol. The molecular formula is C20H19N3O3S. The van der Waals surface area contributed by atoms with E-state index >= 15 is 0 Å². The van der Waals surface area contributed by atoms with E-state index < -0.39 is 0 Å². The third kappa shape index (κ3) is 4.92. The van der Waals surface area contributed by atoms with Crippen molar-refractivity contribution in [1.29, 1.82) is 0 Å². The first-order chi connectivity index (χ1) is 13.0. The van der Waals surface area contributed by atoms with Gasteiger partial charge in [-0.25, -0.2) is 4.98 Å². The van der Waals surface area contributed by atoms with Crippen molar-refractivity contribution >= 4 is 34.5 Å². The van der Waals surface area contributed by atoms with Crippen LogP contribution in [-0.4, -0.2) is 23.4 Å². The van der Waals surface area contributed by atoms with Gasteiger partial charge in [-0.05, 0) is 49.4 Å². The number of carbonyl (C=O) groups is 2. The third-order valence-electron chi connectivity index (χ3n) is 3.59. The quantitative estimate of drug-likeness (QED) is 0.662. The lowest BCUT2D eigenvalue weighted by molar-refractivity contribution is -0.114.